The van der Waals surface area contributed by atoms with Gasteiger partial charge in [0.1, 0.15) is 0 Å². The fourth-order valence-corrected chi connectivity index (χ4v) is 11.5. The van der Waals surface area contributed by atoms with Crippen LogP contribution in [-0.2, 0) is 19.7 Å². The van der Waals surface area contributed by atoms with Gasteiger partial charge < -0.3 is 19.6 Å². The Bertz CT molecular complexity index is 3190. The Hall–Kier alpha value is -8.70. The number of sulfone groups is 2. The quantitative estimate of drug-likeness (QED) is 0.173. The van der Waals surface area contributed by atoms with Crippen LogP contribution in [0.4, 0.5) is 68.2 Å². The average Bonchev–Trinajstić information content (AvgIpc) is 3.41. The van der Waals surface area contributed by atoms with Crippen molar-refractivity contribution in [2.75, 3.05) is 19.6 Å². The van der Waals surface area contributed by atoms with E-state index in [1.54, 1.807) is 48.5 Å². The van der Waals surface area contributed by atoms with Crippen molar-refractivity contribution < 1.29 is 16.8 Å². The fourth-order valence-electron chi connectivity index (χ4n) is 9.01. The van der Waals surface area contributed by atoms with Gasteiger partial charge in [-0.1, -0.05) is 84.9 Å². The third-order valence-electron chi connectivity index (χ3n) is 12.4. The van der Waals surface area contributed by atoms with Crippen molar-refractivity contribution in [3.63, 3.8) is 0 Å². The molecule has 0 aliphatic carbocycles. The molecule has 340 valence electrons. The summed E-state index contributed by atoms with van der Waals surface area (Å²) in [5.74, 6) is 0. The number of anilines is 12. The molecule has 0 radical (unpaired) electrons. The molecule has 0 N–H and O–H groups in total. The van der Waals surface area contributed by atoms with Gasteiger partial charge in [-0.2, -0.15) is 0 Å². The van der Waals surface area contributed by atoms with E-state index in [2.05, 4.69) is 31.7 Å². The van der Waals surface area contributed by atoms with Crippen LogP contribution in [0.15, 0.2) is 287 Å². The Morgan fingerprint density at radius 3 is 0.557 bits per heavy atom. The number of rotatable bonds is 4. The lowest BCUT2D eigenvalue weighted by molar-refractivity contribution is 0.594. The van der Waals surface area contributed by atoms with E-state index in [1.165, 1.54) is 0 Å². The van der Waals surface area contributed by atoms with Crippen molar-refractivity contribution in [2.24, 2.45) is 0 Å². The Morgan fingerprint density at radius 1 is 0.186 bits per heavy atom. The molecular weight excluding hydrogens is 905 g/mol. The van der Waals surface area contributed by atoms with E-state index in [9.17, 15) is 16.8 Å². The second-order valence-electron chi connectivity index (χ2n) is 16.7. The van der Waals surface area contributed by atoms with Crippen molar-refractivity contribution in [1.82, 2.24) is 0 Å². The van der Waals surface area contributed by atoms with E-state index in [4.69, 9.17) is 0 Å². The zero-order valence-corrected chi connectivity index (χ0v) is 39.3. The number of hydrogen-bond donors (Lipinski definition) is 0. The molecule has 0 aromatic heterocycles. The minimum atomic E-state index is -3.94. The van der Waals surface area contributed by atoms with Gasteiger partial charge in [0.15, 0.2) is 0 Å². The SMILES string of the molecule is O=S1(=O)c2ccc(cc2)N(c2ccccc2)c2cccc(c2)N(c2ccccc2)c2ccc(cc2)S(=O)(=O)c2ccc(cc2)N(c2ccccc2)c2cccc(c2)N(c2ccccc2)c2ccc1cc2. The van der Waals surface area contributed by atoms with Crippen LogP contribution in [0.5, 0.6) is 0 Å². The van der Waals surface area contributed by atoms with E-state index in [0.717, 1.165) is 68.2 Å². The smallest absolute Gasteiger partial charge is 0.206 e. The fraction of sp³-hybridized carbons (Fsp3) is 0. The van der Waals surface area contributed by atoms with Crippen molar-refractivity contribution in [2.45, 2.75) is 19.6 Å². The molecule has 7 aliphatic heterocycles. The summed E-state index contributed by atoms with van der Waals surface area (Å²) < 4.78 is 57.8. The third-order valence-corrected chi connectivity index (χ3v) is 15.9. The number of nitrogens with zero attached hydrogens (tertiary/aromatic N) is 4. The molecule has 0 saturated heterocycles. The predicted molar refractivity (Wildman–Crippen MR) is 283 cm³/mol. The topological polar surface area (TPSA) is 81.2 Å². The predicted octanol–water partition coefficient (Wildman–Crippen LogP) is 15.5. The summed E-state index contributed by atoms with van der Waals surface area (Å²) in [6.07, 6.45) is 0. The molecule has 0 atom stereocenters. The maximum absolute atomic E-state index is 14.4. The molecule has 0 spiro atoms. The van der Waals surface area contributed by atoms with E-state index in [0.29, 0.717) is 0 Å². The Labute approximate surface area is 408 Å². The van der Waals surface area contributed by atoms with E-state index >= 15 is 0 Å². The Balaban J connectivity index is 1.09. The summed E-state index contributed by atoms with van der Waals surface area (Å²) in [7, 11) is -7.87. The molecule has 10 aromatic carbocycles. The first-order valence-corrected chi connectivity index (χ1v) is 25.7. The molecule has 0 unspecified atom stereocenters. The van der Waals surface area contributed by atoms with Gasteiger partial charge in [0.25, 0.3) is 0 Å². The van der Waals surface area contributed by atoms with E-state index < -0.39 is 19.7 Å². The molecule has 0 amide bonds. The molecule has 10 heteroatoms. The highest BCUT2D eigenvalue weighted by molar-refractivity contribution is 7.91. The van der Waals surface area contributed by atoms with Gasteiger partial charge >= 0.3 is 0 Å². The highest BCUT2D eigenvalue weighted by atomic mass is 32.2. The van der Waals surface area contributed by atoms with Gasteiger partial charge in [-0.25, -0.2) is 16.8 Å². The van der Waals surface area contributed by atoms with Gasteiger partial charge in [-0.15, -0.1) is 0 Å². The summed E-state index contributed by atoms with van der Waals surface area (Å²) in [4.78, 5) is 9.00. The Kier molecular flexibility index (Phi) is 11.5. The molecule has 7 aliphatic rings. The average molecular weight is 949 g/mol. The van der Waals surface area contributed by atoms with E-state index in [1.807, 2.05) is 206 Å². The largest absolute Gasteiger partial charge is 0.310 e. The van der Waals surface area contributed by atoms with Gasteiger partial charge in [0.05, 0.1) is 19.6 Å². The maximum atomic E-state index is 14.4. The Morgan fingerprint density at radius 2 is 0.357 bits per heavy atom. The van der Waals surface area contributed by atoms with Crippen LogP contribution >= 0.6 is 0 Å². The molecule has 7 heterocycles. The number of benzene rings is 10. The lowest BCUT2D eigenvalue weighted by atomic mass is 10.1. The normalized spacial score (nSPS) is 14.1. The zero-order chi connectivity index (χ0) is 47.7. The second-order valence-corrected chi connectivity index (χ2v) is 20.6. The van der Waals surface area contributed by atoms with Gasteiger partial charge in [0.2, 0.25) is 19.7 Å². The summed E-state index contributed by atoms with van der Waals surface area (Å²) >= 11 is 0. The van der Waals surface area contributed by atoms with Crippen molar-refractivity contribution in [3.8, 4) is 0 Å². The van der Waals surface area contributed by atoms with Crippen LogP contribution in [0.1, 0.15) is 0 Å². The molecule has 0 saturated carbocycles. The summed E-state index contributed by atoms with van der Waals surface area (Å²) in [5, 5.41) is 0. The van der Waals surface area contributed by atoms with Crippen LogP contribution in [0, 0.1) is 0 Å². The van der Waals surface area contributed by atoms with Crippen molar-refractivity contribution in [3.05, 3.63) is 267 Å². The molecular formula is C60H44N4O4S2. The van der Waals surface area contributed by atoms with Gasteiger partial charge in [0, 0.05) is 68.2 Å². The van der Waals surface area contributed by atoms with Crippen molar-refractivity contribution >= 4 is 87.9 Å². The highest BCUT2D eigenvalue weighted by Gasteiger charge is 2.25. The van der Waals surface area contributed by atoms with Crippen molar-refractivity contribution in [1.29, 1.82) is 0 Å². The molecule has 10 aromatic rings. The van der Waals surface area contributed by atoms with Crippen LogP contribution < -0.4 is 19.6 Å². The molecule has 70 heavy (non-hydrogen) atoms. The first-order chi connectivity index (χ1) is 34.2. The minimum Gasteiger partial charge on any atom is -0.310 e. The molecule has 0 fully saturated rings. The maximum Gasteiger partial charge on any atom is 0.206 e. The summed E-state index contributed by atoms with van der Waals surface area (Å²) in [6, 6.07) is 83.8. The number of hydrogen-bond acceptors (Lipinski definition) is 8. The first kappa shape index (κ1) is 43.8. The standard InChI is InChI=1S/C60H44N4O4S2/c65-69(66)57-35-27-49(28-36-57)61(45-15-5-1-6-16-45)53-23-13-24-54(43-53)62(46-17-7-2-8-18-46)50-29-37-59(38-30-50)70(67,68)60-41-33-52(34-42-60)64(48-21-11-4-12-22-48)56-26-14-25-55(44-56)63(47-19-9-3-10-20-47)51-31-39-58(69)40-32-51/h1-44H. The molecule has 17 rings (SSSR count). The molecule has 12 bridgehead atoms. The lowest BCUT2D eigenvalue weighted by Gasteiger charge is -2.29. The highest BCUT2D eigenvalue weighted by Crippen LogP contribution is 2.44. The molecule has 8 nitrogen and oxygen atoms in total. The zero-order valence-electron chi connectivity index (χ0n) is 37.6. The van der Waals surface area contributed by atoms with E-state index in [-0.39, 0.29) is 19.6 Å². The van der Waals surface area contributed by atoms with Crippen LogP contribution in [0.25, 0.3) is 0 Å². The second kappa shape index (κ2) is 18.4. The minimum absolute atomic E-state index is 0.168. The third kappa shape index (κ3) is 8.36. The lowest BCUT2D eigenvalue weighted by Crippen LogP contribution is -2.14. The van der Waals surface area contributed by atoms with Crippen LogP contribution in [0.3, 0.4) is 0 Å². The summed E-state index contributed by atoms with van der Waals surface area (Å²) in [5.41, 5.74) is 9.83. The van der Waals surface area contributed by atoms with Gasteiger partial charge in [-0.3, -0.25) is 0 Å². The van der Waals surface area contributed by atoms with Crippen LogP contribution in [-0.4, -0.2) is 16.8 Å². The number of para-hydroxylation sites is 4. The monoisotopic (exact) mass is 948 g/mol. The van der Waals surface area contributed by atoms with Crippen LogP contribution in [0.2, 0.25) is 0 Å². The van der Waals surface area contributed by atoms with Gasteiger partial charge in [-0.05, 0) is 182 Å². The first-order valence-electron chi connectivity index (χ1n) is 22.7. The summed E-state index contributed by atoms with van der Waals surface area (Å²) in [6.45, 7) is 0.